The number of rotatable bonds is 4. The summed E-state index contributed by atoms with van der Waals surface area (Å²) in [6, 6.07) is -1.60. The Bertz CT molecular complexity index is 470. The van der Waals surface area contributed by atoms with Gasteiger partial charge in [-0.25, -0.2) is 4.79 Å². The van der Waals surface area contributed by atoms with Crippen molar-refractivity contribution in [2.75, 3.05) is 12.4 Å². The molecule has 1 aromatic rings. The number of aliphatic hydroxyl groups excluding tert-OH is 1. The van der Waals surface area contributed by atoms with Gasteiger partial charge < -0.3 is 15.2 Å². The van der Waals surface area contributed by atoms with Crippen LogP contribution in [0.3, 0.4) is 0 Å². The SMILES string of the molecule is COC(=O)[C@@H](Nc1c(F)c(F)nc(F)c1F)[C@H](C)O. The van der Waals surface area contributed by atoms with Crippen molar-refractivity contribution in [3.05, 3.63) is 23.5 Å². The van der Waals surface area contributed by atoms with Gasteiger partial charge in [-0.15, -0.1) is 0 Å². The standard InChI is InChI=1S/C10H10F4N2O3/c1-3(17)6(10(18)19-2)15-7-4(11)8(13)16-9(14)5(7)12/h3,6,17H,1-2H3,(H,15,16)/t3-,6-/m0/s1. The normalized spacial score (nSPS) is 13.8. The first kappa shape index (κ1) is 15.2. The number of anilines is 1. The summed E-state index contributed by atoms with van der Waals surface area (Å²) in [5, 5.41) is 11.1. The van der Waals surface area contributed by atoms with E-state index in [4.69, 9.17) is 0 Å². The van der Waals surface area contributed by atoms with Crippen molar-refractivity contribution in [2.45, 2.75) is 19.1 Å². The van der Waals surface area contributed by atoms with E-state index in [0.29, 0.717) is 0 Å². The summed E-state index contributed by atoms with van der Waals surface area (Å²) < 4.78 is 56.5. The molecule has 9 heteroatoms. The number of pyridine rings is 1. The summed E-state index contributed by atoms with van der Waals surface area (Å²) in [5.74, 6) is -8.44. The van der Waals surface area contributed by atoms with Gasteiger partial charge >= 0.3 is 5.97 Å². The summed E-state index contributed by atoms with van der Waals surface area (Å²) >= 11 is 0. The second kappa shape index (κ2) is 5.83. The van der Waals surface area contributed by atoms with Crippen molar-refractivity contribution in [2.24, 2.45) is 0 Å². The molecule has 0 radical (unpaired) electrons. The van der Waals surface area contributed by atoms with E-state index >= 15 is 0 Å². The average Bonchev–Trinajstić information content (AvgIpc) is 2.35. The molecule has 0 aromatic carbocycles. The first-order chi connectivity index (χ1) is 8.79. The number of hydrogen-bond acceptors (Lipinski definition) is 5. The lowest BCUT2D eigenvalue weighted by Gasteiger charge is -2.20. The van der Waals surface area contributed by atoms with Crippen molar-refractivity contribution >= 4 is 11.7 Å². The van der Waals surface area contributed by atoms with Crippen LogP contribution in [-0.4, -0.2) is 35.3 Å². The Morgan fingerprint density at radius 2 is 1.74 bits per heavy atom. The van der Waals surface area contributed by atoms with Gasteiger partial charge in [0.1, 0.15) is 5.69 Å². The number of aromatic nitrogens is 1. The van der Waals surface area contributed by atoms with Crippen LogP contribution in [0, 0.1) is 23.5 Å². The number of aliphatic hydroxyl groups is 1. The second-order valence-corrected chi connectivity index (χ2v) is 3.58. The molecule has 1 aromatic heterocycles. The van der Waals surface area contributed by atoms with Crippen LogP contribution in [0.2, 0.25) is 0 Å². The monoisotopic (exact) mass is 282 g/mol. The first-order valence-corrected chi connectivity index (χ1v) is 5.02. The third kappa shape index (κ3) is 3.11. The molecule has 1 heterocycles. The third-order valence-corrected chi connectivity index (χ3v) is 2.23. The highest BCUT2D eigenvalue weighted by Crippen LogP contribution is 2.23. The fraction of sp³-hybridized carbons (Fsp3) is 0.400. The molecule has 0 aliphatic heterocycles. The zero-order valence-electron chi connectivity index (χ0n) is 9.88. The fourth-order valence-corrected chi connectivity index (χ4v) is 1.27. The number of esters is 1. The van der Waals surface area contributed by atoms with Gasteiger partial charge in [-0.05, 0) is 6.92 Å². The zero-order chi connectivity index (χ0) is 14.7. The predicted octanol–water partition coefficient (Wildman–Crippen LogP) is 0.972. The van der Waals surface area contributed by atoms with Crippen molar-refractivity contribution in [1.82, 2.24) is 4.98 Å². The van der Waals surface area contributed by atoms with E-state index in [1.807, 2.05) is 5.32 Å². The smallest absolute Gasteiger partial charge is 0.330 e. The highest BCUT2D eigenvalue weighted by molar-refractivity contribution is 5.80. The lowest BCUT2D eigenvalue weighted by Crippen LogP contribution is -2.40. The summed E-state index contributed by atoms with van der Waals surface area (Å²) in [6.45, 7) is 1.12. The molecule has 0 aliphatic rings. The molecule has 0 fully saturated rings. The Kier molecular flexibility index (Phi) is 4.65. The van der Waals surface area contributed by atoms with Gasteiger partial charge in [0.25, 0.3) is 11.9 Å². The van der Waals surface area contributed by atoms with Gasteiger partial charge in [0.05, 0.1) is 13.2 Å². The lowest BCUT2D eigenvalue weighted by molar-refractivity contribution is -0.143. The molecule has 106 valence electrons. The van der Waals surface area contributed by atoms with Crippen LogP contribution in [0.25, 0.3) is 0 Å². The number of ether oxygens (including phenoxy) is 1. The molecule has 0 aliphatic carbocycles. The molecule has 0 bridgehead atoms. The molecule has 0 unspecified atom stereocenters. The Hall–Kier alpha value is -1.90. The molecular weight excluding hydrogens is 272 g/mol. The van der Waals surface area contributed by atoms with Gasteiger partial charge in [0.2, 0.25) is 11.6 Å². The van der Waals surface area contributed by atoms with Crippen molar-refractivity contribution < 1.29 is 32.2 Å². The number of hydrogen-bond donors (Lipinski definition) is 2. The Balaban J connectivity index is 3.20. The van der Waals surface area contributed by atoms with Crippen LogP contribution >= 0.6 is 0 Å². The van der Waals surface area contributed by atoms with Gasteiger partial charge in [0, 0.05) is 0 Å². The van der Waals surface area contributed by atoms with Gasteiger partial charge in [-0.1, -0.05) is 0 Å². The maximum atomic E-state index is 13.3. The molecule has 0 spiro atoms. The molecule has 0 saturated carbocycles. The third-order valence-electron chi connectivity index (χ3n) is 2.23. The predicted molar refractivity (Wildman–Crippen MR) is 55.2 cm³/mol. The van der Waals surface area contributed by atoms with E-state index < -0.39 is 47.3 Å². The van der Waals surface area contributed by atoms with Crippen LogP contribution < -0.4 is 5.32 Å². The Morgan fingerprint density at radius 1 is 1.26 bits per heavy atom. The molecule has 1 rings (SSSR count). The largest absolute Gasteiger partial charge is 0.467 e. The summed E-state index contributed by atoms with van der Waals surface area (Å²) in [6.07, 6.45) is -1.43. The lowest BCUT2D eigenvalue weighted by atomic mass is 10.1. The molecule has 2 N–H and O–H groups in total. The minimum atomic E-state index is -1.88. The molecule has 2 atom stereocenters. The molecule has 0 saturated heterocycles. The van der Waals surface area contributed by atoms with Crippen molar-refractivity contribution in [3.8, 4) is 0 Å². The summed E-state index contributed by atoms with van der Waals surface area (Å²) in [4.78, 5) is 13.6. The van der Waals surface area contributed by atoms with E-state index in [-0.39, 0.29) is 0 Å². The number of nitrogens with zero attached hydrogens (tertiary/aromatic N) is 1. The highest BCUT2D eigenvalue weighted by atomic mass is 19.2. The second-order valence-electron chi connectivity index (χ2n) is 3.58. The molecule has 0 amide bonds. The number of carbonyl (C=O) groups excluding carboxylic acids is 1. The molecule has 5 nitrogen and oxygen atoms in total. The van der Waals surface area contributed by atoms with Gasteiger partial charge in [-0.3, -0.25) is 0 Å². The van der Waals surface area contributed by atoms with Crippen LogP contribution in [0.1, 0.15) is 6.92 Å². The minimum absolute atomic E-state index is 0.972. The van der Waals surface area contributed by atoms with Crippen LogP contribution in [0.4, 0.5) is 23.2 Å². The fourth-order valence-electron chi connectivity index (χ4n) is 1.27. The molecule has 19 heavy (non-hydrogen) atoms. The van der Waals surface area contributed by atoms with E-state index in [1.165, 1.54) is 0 Å². The number of halogens is 4. The number of nitrogens with one attached hydrogen (secondary N) is 1. The Labute approximate surface area is 105 Å². The van der Waals surface area contributed by atoms with Crippen molar-refractivity contribution in [1.29, 1.82) is 0 Å². The minimum Gasteiger partial charge on any atom is -0.467 e. The van der Waals surface area contributed by atoms with Crippen LogP contribution in [0.15, 0.2) is 0 Å². The maximum Gasteiger partial charge on any atom is 0.330 e. The number of carbonyl (C=O) groups is 1. The average molecular weight is 282 g/mol. The van der Waals surface area contributed by atoms with E-state index in [2.05, 4.69) is 9.72 Å². The topological polar surface area (TPSA) is 71.5 Å². The number of methoxy groups -OCH3 is 1. The summed E-state index contributed by atoms with van der Waals surface area (Å²) in [7, 11) is 0.972. The van der Waals surface area contributed by atoms with Crippen LogP contribution in [-0.2, 0) is 9.53 Å². The van der Waals surface area contributed by atoms with E-state index in [0.717, 1.165) is 14.0 Å². The Morgan fingerprint density at radius 3 is 2.11 bits per heavy atom. The van der Waals surface area contributed by atoms with Crippen LogP contribution in [0.5, 0.6) is 0 Å². The molecular formula is C10H10F4N2O3. The van der Waals surface area contributed by atoms with E-state index in [1.54, 1.807) is 0 Å². The zero-order valence-corrected chi connectivity index (χ0v) is 9.88. The first-order valence-electron chi connectivity index (χ1n) is 5.02. The summed E-state index contributed by atoms with van der Waals surface area (Å²) in [5.41, 5.74) is -1.25. The highest BCUT2D eigenvalue weighted by Gasteiger charge is 2.29. The maximum absolute atomic E-state index is 13.3. The van der Waals surface area contributed by atoms with E-state index in [9.17, 15) is 27.5 Å². The quantitative estimate of drug-likeness (QED) is 0.489. The van der Waals surface area contributed by atoms with Gasteiger partial charge in [-0.2, -0.15) is 22.5 Å². The van der Waals surface area contributed by atoms with Crippen molar-refractivity contribution in [3.63, 3.8) is 0 Å². The van der Waals surface area contributed by atoms with Gasteiger partial charge in [0.15, 0.2) is 6.04 Å².